The van der Waals surface area contributed by atoms with Crippen LogP contribution in [0.4, 0.5) is 0 Å². The Labute approximate surface area is 121 Å². The maximum absolute atomic E-state index is 12.6. The van der Waals surface area contributed by atoms with E-state index in [0.29, 0.717) is 6.54 Å². The van der Waals surface area contributed by atoms with Crippen LogP contribution in [-0.2, 0) is 4.79 Å². The Bertz CT molecular complexity index is 447. The molecule has 1 aliphatic carbocycles. The van der Waals surface area contributed by atoms with Gasteiger partial charge in [0, 0.05) is 6.54 Å². The summed E-state index contributed by atoms with van der Waals surface area (Å²) in [5.41, 5.74) is 7.96. The van der Waals surface area contributed by atoms with Gasteiger partial charge in [-0.1, -0.05) is 49.1 Å². The highest BCUT2D eigenvalue weighted by Gasteiger charge is 2.38. The molecule has 0 spiro atoms. The Morgan fingerprint density at radius 1 is 1.25 bits per heavy atom. The van der Waals surface area contributed by atoms with Gasteiger partial charge in [0.05, 0.1) is 11.5 Å². The zero-order chi connectivity index (χ0) is 14.6. The van der Waals surface area contributed by atoms with E-state index in [1.807, 2.05) is 6.92 Å². The van der Waals surface area contributed by atoms with Crippen molar-refractivity contribution < 1.29 is 4.79 Å². The lowest BCUT2D eigenvalue weighted by Crippen LogP contribution is -2.47. The van der Waals surface area contributed by atoms with Gasteiger partial charge in [-0.2, -0.15) is 0 Å². The topological polar surface area (TPSA) is 55.1 Å². The lowest BCUT2D eigenvalue weighted by atomic mass is 9.73. The number of hydrogen-bond acceptors (Lipinski definition) is 2. The molecule has 0 saturated heterocycles. The minimum Gasteiger partial charge on any atom is -0.349 e. The van der Waals surface area contributed by atoms with Crippen LogP contribution >= 0.6 is 0 Å². The van der Waals surface area contributed by atoms with E-state index in [9.17, 15) is 4.79 Å². The molecule has 2 rings (SSSR count). The quantitative estimate of drug-likeness (QED) is 0.886. The second-order valence-corrected chi connectivity index (χ2v) is 6.15. The number of hydrogen-bond donors (Lipinski definition) is 2. The van der Waals surface area contributed by atoms with Gasteiger partial charge in [-0.05, 0) is 32.3 Å². The van der Waals surface area contributed by atoms with E-state index in [1.54, 1.807) is 0 Å². The van der Waals surface area contributed by atoms with Crippen LogP contribution in [0.2, 0.25) is 0 Å². The number of benzene rings is 1. The number of carbonyl (C=O) groups excluding carboxylic acids is 1. The number of carbonyl (C=O) groups is 1. The standard InChI is InChI=1S/C17H26N2O/c1-13-6-8-15(9-7-13)14(2)19-16(20)17(12-18)10-4-3-5-11-17/h6-9,14H,3-5,10-12,18H2,1-2H3,(H,19,20)/t14-/m1/s1. The van der Waals surface area contributed by atoms with Crippen LogP contribution in [0, 0.1) is 12.3 Å². The Hall–Kier alpha value is -1.35. The largest absolute Gasteiger partial charge is 0.349 e. The molecule has 0 radical (unpaired) electrons. The van der Waals surface area contributed by atoms with E-state index >= 15 is 0 Å². The number of rotatable bonds is 4. The van der Waals surface area contributed by atoms with E-state index in [4.69, 9.17) is 5.73 Å². The summed E-state index contributed by atoms with van der Waals surface area (Å²) in [6, 6.07) is 8.36. The smallest absolute Gasteiger partial charge is 0.227 e. The third-order valence-corrected chi connectivity index (χ3v) is 4.61. The first-order valence-electron chi connectivity index (χ1n) is 7.65. The van der Waals surface area contributed by atoms with Crippen LogP contribution in [0.5, 0.6) is 0 Å². The molecule has 1 fully saturated rings. The maximum Gasteiger partial charge on any atom is 0.227 e. The van der Waals surface area contributed by atoms with E-state index in [2.05, 4.69) is 36.5 Å². The van der Waals surface area contributed by atoms with Crippen LogP contribution in [0.25, 0.3) is 0 Å². The third-order valence-electron chi connectivity index (χ3n) is 4.61. The average molecular weight is 274 g/mol. The highest BCUT2D eigenvalue weighted by atomic mass is 16.2. The molecule has 3 heteroatoms. The second-order valence-electron chi connectivity index (χ2n) is 6.15. The minimum atomic E-state index is -0.336. The average Bonchev–Trinajstić information content (AvgIpc) is 2.48. The van der Waals surface area contributed by atoms with Gasteiger partial charge in [-0.3, -0.25) is 4.79 Å². The van der Waals surface area contributed by atoms with E-state index in [-0.39, 0.29) is 17.4 Å². The zero-order valence-electron chi connectivity index (χ0n) is 12.6. The molecule has 0 heterocycles. The molecule has 0 aromatic heterocycles. The maximum atomic E-state index is 12.6. The van der Waals surface area contributed by atoms with Crippen LogP contribution in [0.1, 0.15) is 56.2 Å². The Morgan fingerprint density at radius 3 is 2.40 bits per heavy atom. The zero-order valence-corrected chi connectivity index (χ0v) is 12.6. The summed E-state index contributed by atoms with van der Waals surface area (Å²) < 4.78 is 0. The summed E-state index contributed by atoms with van der Waals surface area (Å²) in [6.45, 7) is 4.56. The van der Waals surface area contributed by atoms with Gasteiger partial charge in [0.1, 0.15) is 0 Å². The SMILES string of the molecule is Cc1ccc([C@@H](C)NC(=O)C2(CN)CCCCC2)cc1. The number of aryl methyl sites for hydroxylation is 1. The van der Waals surface area contributed by atoms with Crippen LogP contribution in [0.3, 0.4) is 0 Å². The van der Waals surface area contributed by atoms with E-state index in [1.165, 1.54) is 12.0 Å². The molecule has 110 valence electrons. The summed E-state index contributed by atoms with van der Waals surface area (Å²) >= 11 is 0. The van der Waals surface area contributed by atoms with Gasteiger partial charge >= 0.3 is 0 Å². The molecule has 1 saturated carbocycles. The van der Waals surface area contributed by atoms with E-state index in [0.717, 1.165) is 31.2 Å². The lowest BCUT2D eigenvalue weighted by Gasteiger charge is -2.35. The molecule has 1 aromatic carbocycles. The molecule has 20 heavy (non-hydrogen) atoms. The van der Waals surface area contributed by atoms with Crippen molar-refractivity contribution in [1.29, 1.82) is 0 Å². The molecule has 1 atom stereocenters. The summed E-state index contributed by atoms with van der Waals surface area (Å²) in [5, 5.41) is 3.16. The second kappa shape index (κ2) is 6.40. The van der Waals surface area contributed by atoms with Gasteiger partial charge < -0.3 is 11.1 Å². The van der Waals surface area contributed by atoms with Gasteiger partial charge in [-0.25, -0.2) is 0 Å². The lowest BCUT2D eigenvalue weighted by molar-refractivity contribution is -0.133. The summed E-state index contributed by atoms with van der Waals surface area (Å²) in [7, 11) is 0. The fourth-order valence-corrected chi connectivity index (χ4v) is 3.04. The fourth-order valence-electron chi connectivity index (χ4n) is 3.04. The van der Waals surface area contributed by atoms with Crippen molar-refractivity contribution in [3.05, 3.63) is 35.4 Å². The number of nitrogens with two attached hydrogens (primary N) is 1. The van der Waals surface area contributed by atoms with Crippen molar-refractivity contribution in [2.45, 2.75) is 52.0 Å². The van der Waals surface area contributed by atoms with Crippen molar-refractivity contribution in [1.82, 2.24) is 5.32 Å². The van der Waals surface area contributed by atoms with Crippen molar-refractivity contribution in [2.75, 3.05) is 6.54 Å². The predicted molar refractivity (Wildman–Crippen MR) is 82.3 cm³/mol. The first-order chi connectivity index (χ1) is 9.57. The molecule has 3 nitrogen and oxygen atoms in total. The van der Waals surface area contributed by atoms with Crippen LogP contribution in [-0.4, -0.2) is 12.5 Å². The highest BCUT2D eigenvalue weighted by Crippen LogP contribution is 2.36. The van der Waals surface area contributed by atoms with Crippen molar-refractivity contribution in [2.24, 2.45) is 11.1 Å². The molecule has 0 bridgehead atoms. The van der Waals surface area contributed by atoms with Crippen molar-refractivity contribution in [3.8, 4) is 0 Å². The molecule has 0 aliphatic heterocycles. The summed E-state index contributed by atoms with van der Waals surface area (Å²) in [4.78, 5) is 12.6. The monoisotopic (exact) mass is 274 g/mol. The highest BCUT2D eigenvalue weighted by molar-refractivity contribution is 5.83. The fraction of sp³-hybridized carbons (Fsp3) is 0.588. The Balaban J connectivity index is 2.04. The molecule has 1 aliphatic rings. The molecule has 1 aromatic rings. The number of nitrogens with one attached hydrogen (secondary N) is 1. The Kier molecular flexibility index (Phi) is 4.81. The third kappa shape index (κ3) is 3.21. The van der Waals surface area contributed by atoms with Gasteiger partial charge in [-0.15, -0.1) is 0 Å². The first-order valence-corrected chi connectivity index (χ1v) is 7.65. The summed E-state index contributed by atoms with van der Waals surface area (Å²) in [5.74, 6) is 0.132. The molecular weight excluding hydrogens is 248 g/mol. The van der Waals surface area contributed by atoms with Gasteiger partial charge in [0.2, 0.25) is 5.91 Å². The van der Waals surface area contributed by atoms with E-state index < -0.39 is 0 Å². The van der Waals surface area contributed by atoms with Crippen molar-refractivity contribution in [3.63, 3.8) is 0 Å². The minimum absolute atomic E-state index is 0.0356. The molecular formula is C17H26N2O. The van der Waals surface area contributed by atoms with Crippen LogP contribution < -0.4 is 11.1 Å². The van der Waals surface area contributed by atoms with Crippen LogP contribution in [0.15, 0.2) is 24.3 Å². The van der Waals surface area contributed by atoms with Crippen molar-refractivity contribution >= 4 is 5.91 Å². The number of amides is 1. The molecule has 1 amide bonds. The Morgan fingerprint density at radius 2 is 1.85 bits per heavy atom. The van der Waals surface area contributed by atoms with Gasteiger partial charge in [0.15, 0.2) is 0 Å². The summed E-state index contributed by atoms with van der Waals surface area (Å²) in [6.07, 6.45) is 5.31. The molecule has 0 unspecified atom stereocenters. The normalized spacial score (nSPS) is 19.4. The van der Waals surface area contributed by atoms with Gasteiger partial charge in [0.25, 0.3) is 0 Å². The molecule has 3 N–H and O–H groups in total. The first kappa shape index (κ1) is 15.0. The predicted octanol–water partition coefficient (Wildman–Crippen LogP) is 3.08.